The van der Waals surface area contributed by atoms with E-state index in [0.717, 1.165) is 13.0 Å². The molecule has 98 valence electrons. The molecule has 1 heterocycles. The molecule has 0 radical (unpaired) electrons. The number of carbonyl (C=O) groups excluding carboxylic acids is 1. The summed E-state index contributed by atoms with van der Waals surface area (Å²) in [5.74, 6) is 0.447. The number of amides is 1. The summed E-state index contributed by atoms with van der Waals surface area (Å²) in [6.45, 7) is 0.727. The van der Waals surface area contributed by atoms with Crippen molar-refractivity contribution in [3.05, 3.63) is 29.0 Å². The number of pyridine rings is 1. The number of nitrogens with one attached hydrogen (secondary N) is 1. The zero-order valence-corrected chi connectivity index (χ0v) is 12.4. The Balaban J connectivity index is 1.82. The Hall–Kier alpha value is -0.610. The number of halogens is 2. The van der Waals surface area contributed by atoms with Crippen molar-refractivity contribution in [1.29, 1.82) is 0 Å². The molecule has 1 aliphatic carbocycles. The first kappa shape index (κ1) is 13.8. The zero-order valence-electron chi connectivity index (χ0n) is 10.0. The highest BCUT2D eigenvalue weighted by Gasteiger charge is 2.20. The Morgan fingerprint density at radius 3 is 3.00 bits per heavy atom. The van der Waals surface area contributed by atoms with E-state index in [0.29, 0.717) is 21.5 Å². The molecule has 0 aliphatic heterocycles. The molecule has 2 atom stereocenters. The molecular weight excluding hydrogens is 316 g/mol. The molecule has 1 fully saturated rings. The average molecular weight is 332 g/mol. The van der Waals surface area contributed by atoms with Gasteiger partial charge in [-0.15, -0.1) is 0 Å². The van der Waals surface area contributed by atoms with Crippen LogP contribution in [0.4, 0.5) is 0 Å². The van der Waals surface area contributed by atoms with Crippen LogP contribution in [-0.4, -0.2) is 22.3 Å². The molecule has 0 saturated heterocycles. The molecule has 2 rings (SSSR count). The van der Waals surface area contributed by atoms with Crippen molar-refractivity contribution in [3.8, 4) is 0 Å². The Morgan fingerprint density at radius 2 is 2.33 bits per heavy atom. The average Bonchev–Trinajstić information content (AvgIpc) is 2.37. The van der Waals surface area contributed by atoms with E-state index in [-0.39, 0.29) is 5.91 Å². The Morgan fingerprint density at radius 1 is 1.50 bits per heavy atom. The van der Waals surface area contributed by atoms with Gasteiger partial charge in [-0.3, -0.25) is 4.79 Å². The number of aromatic nitrogens is 1. The van der Waals surface area contributed by atoms with Gasteiger partial charge in [0.05, 0.1) is 5.02 Å². The maximum absolute atomic E-state index is 11.9. The third-order valence-corrected chi connectivity index (χ3v) is 4.29. The van der Waals surface area contributed by atoms with Crippen LogP contribution in [0.5, 0.6) is 0 Å². The van der Waals surface area contributed by atoms with Gasteiger partial charge in [0.25, 0.3) is 5.91 Å². The van der Waals surface area contributed by atoms with Crippen molar-refractivity contribution in [1.82, 2.24) is 10.3 Å². The lowest BCUT2D eigenvalue weighted by Crippen LogP contribution is -2.32. The van der Waals surface area contributed by atoms with Gasteiger partial charge in [0, 0.05) is 17.6 Å². The number of rotatable bonds is 3. The minimum absolute atomic E-state index is 0.122. The van der Waals surface area contributed by atoms with Gasteiger partial charge in [-0.25, -0.2) is 4.98 Å². The van der Waals surface area contributed by atoms with Crippen LogP contribution >= 0.6 is 27.5 Å². The van der Waals surface area contributed by atoms with Crippen molar-refractivity contribution in [2.45, 2.75) is 30.5 Å². The molecule has 2 unspecified atom stereocenters. The largest absolute Gasteiger partial charge is 0.350 e. The predicted molar refractivity (Wildman–Crippen MR) is 76.3 cm³/mol. The minimum Gasteiger partial charge on any atom is -0.350 e. The van der Waals surface area contributed by atoms with Crippen LogP contribution in [0, 0.1) is 5.92 Å². The molecule has 1 saturated carbocycles. The molecule has 0 bridgehead atoms. The van der Waals surface area contributed by atoms with Crippen LogP contribution in [0.25, 0.3) is 0 Å². The van der Waals surface area contributed by atoms with E-state index in [4.69, 9.17) is 11.6 Å². The third-order valence-electron chi connectivity index (χ3n) is 3.23. The van der Waals surface area contributed by atoms with Gasteiger partial charge in [-0.2, -0.15) is 0 Å². The second-order valence-electron chi connectivity index (χ2n) is 4.70. The maximum atomic E-state index is 11.9. The molecule has 1 aliphatic rings. The lowest BCUT2D eigenvalue weighted by atomic mass is 9.89. The van der Waals surface area contributed by atoms with Crippen molar-refractivity contribution >= 4 is 33.4 Å². The molecule has 3 nitrogen and oxygen atoms in total. The lowest BCUT2D eigenvalue weighted by Gasteiger charge is -2.25. The Bertz CT molecular complexity index is 410. The molecule has 1 aromatic rings. The summed E-state index contributed by atoms with van der Waals surface area (Å²) in [6, 6.07) is 3.32. The number of alkyl halides is 1. The van der Waals surface area contributed by atoms with Crippen LogP contribution in [-0.2, 0) is 0 Å². The van der Waals surface area contributed by atoms with Crippen LogP contribution in [0.3, 0.4) is 0 Å². The first-order chi connectivity index (χ1) is 8.65. The SMILES string of the molecule is O=C(NCC1CCCC(Br)C1)c1ccc(Cl)cn1. The van der Waals surface area contributed by atoms with Crippen LogP contribution < -0.4 is 5.32 Å². The first-order valence-corrected chi connectivity index (χ1v) is 7.48. The summed E-state index contributed by atoms with van der Waals surface area (Å²) < 4.78 is 0. The summed E-state index contributed by atoms with van der Waals surface area (Å²) in [5, 5.41) is 3.49. The van der Waals surface area contributed by atoms with E-state index in [9.17, 15) is 4.79 Å². The number of hydrogen-bond donors (Lipinski definition) is 1. The summed E-state index contributed by atoms with van der Waals surface area (Å²) >= 11 is 9.38. The van der Waals surface area contributed by atoms with Gasteiger partial charge in [0.1, 0.15) is 5.69 Å². The predicted octanol–water partition coefficient (Wildman–Crippen LogP) is 3.42. The van der Waals surface area contributed by atoms with Gasteiger partial charge in [0.2, 0.25) is 0 Å². The fourth-order valence-corrected chi connectivity index (χ4v) is 3.21. The smallest absolute Gasteiger partial charge is 0.269 e. The number of nitrogens with zero attached hydrogens (tertiary/aromatic N) is 1. The monoisotopic (exact) mass is 330 g/mol. The van der Waals surface area contributed by atoms with E-state index < -0.39 is 0 Å². The lowest BCUT2D eigenvalue weighted by molar-refractivity contribution is 0.0939. The van der Waals surface area contributed by atoms with Gasteiger partial charge >= 0.3 is 0 Å². The van der Waals surface area contributed by atoms with Crippen molar-refractivity contribution in [2.24, 2.45) is 5.92 Å². The summed E-state index contributed by atoms with van der Waals surface area (Å²) in [5.41, 5.74) is 0.422. The molecule has 1 amide bonds. The second kappa shape index (κ2) is 6.53. The second-order valence-corrected chi connectivity index (χ2v) is 6.43. The van der Waals surface area contributed by atoms with E-state index >= 15 is 0 Å². The molecule has 1 aromatic heterocycles. The maximum Gasteiger partial charge on any atom is 0.269 e. The fourth-order valence-electron chi connectivity index (χ4n) is 2.25. The molecule has 0 spiro atoms. The quantitative estimate of drug-likeness (QED) is 0.862. The van der Waals surface area contributed by atoms with E-state index in [1.54, 1.807) is 12.1 Å². The molecule has 1 N–H and O–H groups in total. The standard InChI is InChI=1S/C13H16BrClN2O/c14-10-3-1-2-9(6-10)7-17-13(18)12-5-4-11(15)8-16-12/h4-5,8-10H,1-3,6-7H2,(H,17,18). The van der Waals surface area contributed by atoms with Gasteiger partial charge in [0.15, 0.2) is 0 Å². The van der Waals surface area contributed by atoms with Crippen LogP contribution in [0.2, 0.25) is 5.02 Å². The van der Waals surface area contributed by atoms with Crippen LogP contribution in [0.15, 0.2) is 18.3 Å². The van der Waals surface area contributed by atoms with Crippen molar-refractivity contribution in [3.63, 3.8) is 0 Å². The number of hydrogen-bond acceptors (Lipinski definition) is 2. The minimum atomic E-state index is -0.122. The zero-order chi connectivity index (χ0) is 13.0. The topological polar surface area (TPSA) is 42.0 Å². The van der Waals surface area contributed by atoms with E-state index in [1.807, 2.05) is 0 Å². The summed E-state index contributed by atoms with van der Waals surface area (Å²) in [7, 11) is 0. The highest BCUT2D eigenvalue weighted by atomic mass is 79.9. The van der Waals surface area contributed by atoms with E-state index in [1.165, 1.54) is 25.5 Å². The highest BCUT2D eigenvalue weighted by Crippen LogP contribution is 2.28. The number of carbonyl (C=O) groups is 1. The van der Waals surface area contributed by atoms with Gasteiger partial charge in [-0.1, -0.05) is 34.0 Å². The molecular formula is C13H16BrClN2O. The van der Waals surface area contributed by atoms with Gasteiger partial charge < -0.3 is 5.32 Å². The van der Waals surface area contributed by atoms with E-state index in [2.05, 4.69) is 26.2 Å². The third kappa shape index (κ3) is 3.95. The molecule has 0 aromatic carbocycles. The molecule has 18 heavy (non-hydrogen) atoms. The Labute approximate surface area is 120 Å². The fraction of sp³-hybridized carbons (Fsp3) is 0.538. The summed E-state index contributed by atoms with van der Waals surface area (Å²) in [6.07, 6.45) is 6.29. The normalized spacial score (nSPS) is 23.7. The van der Waals surface area contributed by atoms with Crippen LogP contribution in [0.1, 0.15) is 36.2 Å². The highest BCUT2D eigenvalue weighted by molar-refractivity contribution is 9.09. The van der Waals surface area contributed by atoms with Crippen molar-refractivity contribution < 1.29 is 4.79 Å². The van der Waals surface area contributed by atoms with Gasteiger partial charge in [-0.05, 0) is 37.3 Å². The van der Waals surface area contributed by atoms with Crippen molar-refractivity contribution in [2.75, 3.05) is 6.54 Å². The molecule has 5 heteroatoms. The first-order valence-electron chi connectivity index (χ1n) is 6.19. The Kier molecular flexibility index (Phi) is 5.01. The summed E-state index contributed by atoms with van der Waals surface area (Å²) in [4.78, 5) is 16.5.